The van der Waals surface area contributed by atoms with Crippen molar-refractivity contribution in [3.05, 3.63) is 63.4 Å². The van der Waals surface area contributed by atoms with E-state index < -0.39 is 0 Å². The molecule has 0 saturated carbocycles. The van der Waals surface area contributed by atoms with E-state index >= 15 is 0 Å². The average molecular weight is 269 g/mol. The Hall–Kier alpha value is -2.13. The predicted octanol–water partition coefficient (Wildman–Crippen LogP) is 3.08. The van der Waals surface area contributed by atoms with Crippen molar-refractivity contribution in [1.29, 1.82) is 0 Å². The van der Waals surface area contributed by atoms with E-state index in [1.54, 1.807) is 12.1 Å². The molecule has 0 unspecified atom stereocenters. The highest BCUT2D eigenvalue weighted by Crippen LogP contribution is 2.32. The van der Waals surface area contributed by atoms with Crippen molar-refractivity contribution >= 4 is 22.5 Å². The Balaban J connectivity index is 2.17. The Kier molecular flexibility index (Phi) is 2.09. The third-order valence-corrected chi connectivity index (χ3v) is 3.77. The highest BCUT2D eigenvalue weighted by Gasteiger charge is 2.21. The van der Waals surface area contributed by atoms with Crippen LogP contribution < -0.4 is 5.56 Å². The van der Waals surface area contributed by atoms with Crippen LogP contribution in [0.4, 0.5) is 0 Å². The minimum atomic E-state index is -0.199. The number of rotatable bonds is 0. The first-order valence-corrected chi connectivity index (χ1v) is 6.40. The topological polar surface area (TPSA) is 34.9 Å². The van der Waals surface area contributed by atoms with Crippen molar-refractivity contribution in [3.8, 4) is 11.4 Å². The van der Waals surface area contributed by atoms with E-state index in [-0.39, 0.29) is 5.56 Å². The molecule has 3 nitrogen and oxygen atoms in total. The van der Waals surface area contributed by atoms with Gasteiger partial charge in [0.2, 0.25) is 0 Å². The molecule has 0 N–H and O–H groups in total. The van der Waals surface area contributed by atoms with Gasteiger partial charge in [-0.3, -0.25) is 4.79 Å². The van der Waals surface area contributed by atoms with Gasteiger partial charge < -0.3 is 4.57 Å². The highest BCUT2D eigenvalue weighted by atomic mass is 35.5. The number of nitrogens with zero attached hydrogens (tertiary/aromatic N) is 2. The van der Waals surface area contributed by atoms with Gasteiger partial charge in [0.1, 0.15) is 5.82 Å². The van der Waals surface area contributed by atoms with Crippen LogP contribution in [0.25, 0.3) is 22.3 Å². The van der Waals surface area contributed by atoms with Crippen LogP contribution in [0, 0.1) is 0 Å². The molecule has 0 spiro atoms. The van der Waals surface area contributed by atoms with Crippen LogP contribution in [0.3, 0.4) is 0 Å². The van der Waals surface area contributed by atoms with E-state index in [1.165, 1.54) is 5.56 Å². The molecule has 19 heavy (non-hydrogen) atoms. The molecule has 92 valence electrons. The third-order valence-electron chi connectivity index (χ3n) is 3.53. The largest absolute Gasteiger partial charge is 0.320 e. The van der Waals surface area contributed by atoms with E-state index in [0.29, 0.717) is 10.4 Å². The number of hydrogen-bond acceptors (Lipinski definition) is 2. The SMILES string of the molecule is O=c1nc2n(c3cc(Cl)ccc13)Cc1ccccc1-2. The lowest BCUT2D eigenvalue weighted by Gasteiger charge is -2.08. The van der Waals surface area contributed by atoms with Crippen LogP contribution in [0.1, 0.15) is 5.56 Å². The average Bonchev–Trinajstić information content (AvgIpc) is 2.78. The summed E-state index contributed by atoms with van der Waals surface area (Å²) in [5, 5.41) is 1.24. The molecule has 0 aliphatic carbocycles. The Morgan fingerprint density at radius 3 is 2.89 bits per heavy atom. The molecule has 2 heterocycles. The van der Waals surface area contributed by atoms with E-state index in [0.717, 1.165) is 23.4 Å². The van der Waals surface area contributed by atoms with Crippen LogP contribution in [-0.2, 0) is 6.54 Å². The Morgan fingerprint density at radius 1 is 1.16 bits per heavy atom. The summed E-state index contributed by atoms with van der Waals surface area (Å²) in [5.41, 5.74) is 2.86. The molecule has 0 fully saturated rings. The lowest BCUT2D eigenvalue weighted by atomic mass is 10.1. The molecule has 4 rings (SSSR count). The van der Waals surface area contributed by atoms with Crippen molar-refractivity contribution in [2.75, 3.05) is 0 Å². The van der Waals surface area contributed by atoms with Gasteiger partial charge in [0, 0.05) is 10.6 Å². The molecule has 0 saturated heterocycles. The van der Waals surface area contributed by atoms with Gasteiger partial charge in [-0.15, -0.1) is 0 Å². The normalized spacial score (nSPS) is 12.5. The standard InChI is InChI=1S/C15H9ClN2O/c16-10-5-6-12-13(7-10)18-8-9-3-1-2-4-11(9)14(18)17-15(12)19/h1-7H,8H2. The summed E-state index contributed by atoms with van der Waals surface area (Å²) in [7, 11) is 0. The fourth-order valence-electron chi connectivity index (χ4n) is 2.65. The van der Waals surface area contributed by atoms with Crippen LogP contribution in [0.15, 0.2) is 47.3 Å². The Labute approximate surface area is 114 Å². The van der Waals surface area contributed by atoms with Gasteiger partial charge >= 0.3 is 0 Å². The maximum atomic E-state index is 12.1. The Bertz CT molecular complexity index is 883. The summed E-state index contributed by atoms with van der Waals surface area (Å²) in [6.45, 7) is 0.732. The fourth-order valence-corrected chi connectivity index (χ4v) is 2.82. The summed E-state index contributed by atoms with van der Waals surface area (Å²) >= 11 is 6.05. The van der Waals surface area contributed by atoms with Gasteiger partial charge in [-0.2, -0.15) is 4.98 Å². The first-order chi connectivity index (χ1) is 9.24. The van der Waals surface area contributed by atoms with Gasteiger partial charge in [0.25, 0.3) is 5.56 Å². The number of hydrogen-bond donors (Lipinski definition) is 0. The van der Waals surface area contributed by atoms with Crippen LogP contribution >= 0.6 is 11.6 Å². The second-order valence-electron chi connectivity index (χ2n) is 4.65. The summed E-state index contributed by atoms with van der Waals surface area (Å²) in [6.07, 6.45) is 0. The molecule has 0 bridgehead atoms. The molecule has 0 radical (unpaired) electrons. The molecule has 4 heteroatoms. The Morgan fingerprint density at radius 2 is 2.00 bits per heavy atom. The number of fused-ring (bicyclic) bond motifs is 5. The van der Waals surface area contributed by atoms with E-state index in [2.05, 4.69) is 11.1 Å². The monoisotopic (exact) mass is 268 g/mol. The van der Waals surface area contributed by atoms with Gasteiger partial charge in [-0.05, 0) is 23.8 Å². The molecule has 0 amide bonds. The molecule has 0 atom stereocenters. The summed E-state index contributed by atoms with van der Waals surface area (Å²) in [5.74, 6) is 0.732. The quantitative estimate of drug-likeness (QED) is 0.491. The molecule has 1 aromatic heterocycles. The first-order valence-electron chi connectivity index (χ1n) is 6.02. The van der Waals surface area contributed by atoms with Crippen LogP contribution in [-0.4, -0.2) is 9.55 Å². The zero-order chi connectivity index (χ0) is 13.0. The molecule has 1 aliphatic heterocycles. The second-order valence-corrected chi connectivity index (χ2v) is 5.08. The van der Waals surface area contributed by atoms with Gasteiger partial charge in [0.15, 0.2) is 0 Å². The molecule has 3 aromatic rings. The summed E-state index contributed by atoms with van der Waals surface area (Å²) in [4.78, 5) is 16.3. The van der Waals surface area contributed by atoms with Crippen LogP contribution in [0.5, 0.6) is 0 Å². The van der Waals surface area contributed by atoms with Crippen molar-refractivity contribution in [2.45, 2.75) is 6.54 Å². The summed E-state index contributed by atoms with van der Waals surface area (Å²) in [6, 6.07) is 13.3. The van der Waals surface area contributed by atoms with Crippen molar-refractivity contribution < 1.29 is 0 Å². The van der Waals surface area contributed by atoms with Gasteiger partial charge in [0.05, 0.1) is 17.4 Å². The number of benzene rings is 2. The van der Waals surface area contributed by atoms with Gasteiger partial charge in [-0.25, -0.2) is 0 Å². The molecular weight excluding hydrogens is 260 g/mol. The lowest BCUT2D eigenvalue weighted by molar-refractivity contribution is 0.853. The van der Waals surface area contributed by atoms with Gasteiger partial charge in [-0.1, -0.05) is 35.9 Å². The van der Waals surface area contributed by atoms with E-state index in [9.17, 15) is 4.79 Å². The maximum absolute atomic E-state index is 12.1. The van der Waals surface area contributed by atoms with Crippen molar-refractivity contribution in [1.82, 2.24) is 9.55 Å². The zero-order valence-corrected chi connectivity index (χ0v) is 10.7. The minimum absolute atomic E-state index is 0.199. The maximum Gasteiger partial charge on any atom is 0.281 e. The smallest absolute Gasteiger partial charge is 0.281 e. The number of halogens is 1. The third kappa shape index (κ3) is 1.45. The van der Waals surface area contributed by atoms with E-state index in [4.69, 9.17) is 11.6 Å². The minimum Gasteiger partial charge on any atom is -0.320 e. The molecular formula is C15H9ClN2O. The first kappa shape index (κ1) is 10.8. The van der Waals surface area contributed by atoms with Crippen molar-refractivity contribution in [2.24, 2.45) is 0 Å². The van der Waals surface area contributed by atoms with Crippen LogP contribution in [0.2, 0.25) is 5.02 Å². The molecule has 1 aliphatic rings. The fraction of sp³-hybridized carbons (Fsp3) is 0.0667. The lowest BCUT2D eigenvalue weighted by Crippen LogP contribution is -2.13. The van der Waals surface area contributed by atoms with Crippen molar-refractivity contribution in [3.63, 3.8) is 0 Å². The second kappa shape index (κ2) is 3.68. The predicted molar refractivity (Wildman–Crippen MR) is 75.6 cm³/mol. The highest BCUT2D eigenvalue weighted by molar-refractivity contribution is 6.31. The number of aromatic nitrogens is 2. The van der Waals surface area contributed by atoms with E-state index in [1.807, 2.05) is 28.8 Å². The summed E-state index contributed by atoms with van der Waals surface area (Å²) < 4.78 is 2.05. The molecule has 2 aromatic carbocycles. The zero-order valence-electron chi connectivity index (χ0n) is 9.93.